The number of β-amino-alcohol motifs (C(OH)–C–C–N with tert-alkyl or cyclic N) is 1. The van der Waals surface area contributed by atoms with Crippen molar-refractivity contribution < 1.29 is 14.7 Å². The maximum atomic E-state index is 12.5. The molecule has 1 spiro atoms. The van der Waals surface area contributed by atoms with Gasteiger partial charge in [0.05, 0.1) is 17.6 Å². The molecule has 4 heteroatoms. The molecule has 1 aliphatic carbocycles. The number of carbonyl (C=O) groups is 2. The number of imide groups is 1. The van der Waals surface area contributed by atoms with Crippen LogP contribution < -0.4 is 0 Å². The topological polar surface area (TPSA) is 57.6 Å². The number of rotatable bonds is 3. The fourth-order valence-corrected chi connectivity index (χ4v) is 3.09. The largest absolute Gasteiger partial charge is 0.388 e. The van der Waals surface area contributed by atoms with Crippen LogP contribution in [-0.4, -0.2) is 34.0 Å². The Morgan fingerprint density at radius 2 is 1.89 bits per heavy atom. The Hall–Kier alpha value is -0.900. The van der Waals surface area contributed by atoms with Crippen molar-refractivity contribution in [3.8, 4) is 0 Å². The van der Waals surface area contributed by atoms with Gasteiger partial charge in [-0.2, -0.15) is 0 Å². The predicted molar refractivity (Wildman–Crippen MR) is 67.8 cm³/mol. The van der Waals surface area contributed by atoms with E-state index in [-0.39, 0.29) is 18.4 Å². The third kappa shape index (κ3) is 2.30. The number of carbonyl (C=O) groups excluding carboxylic acids is 2. The summed E-state index contributed by atoms with van der Waals surface area (Å²) in [6.07, 6.45) is 5.80. The SMILES string of the molecule is CCC(C)(O)CN1C(=O)CC2(CCCCC2)C1=O. The highest BCUT2D eigenvalue weighted by molar-refractivity contribution is 6.06. The maximum Gasteiger partial charge on any atom is 0.236 e. The van der Waals surface area contributed by atoms with Crippen molar-refractivity contribution in [1.29, 1.82) is 0 Å². The monoisotopic (exact) mass is 253 g/mol. The van der Waals surface area contributed by atoms with Gasteiger partial charge < -0.3 is 5.11 Å². The highest BCUT2D eigenvalue weighted by Gasteiger charge is 2.52. The molecule has 1 unspecified atom stereocenters. The number of aliphatic hydroxyl groups is 1. The smallest absolute Gasteiger partial charge is 0.236 e. The Morgan fingerprint density at radius 1 is 1.28 bits per heavy atom. The van der Waals surface area contributed by atoms with Gasteiger partial charge >= 0.3 is 0 Å². The molecule has 1 N–H and O–H groups in total. The van der Waals surface area contributed by atoms with E-state index in [4.69, 9.17) is 0 Å². The van der Waals surface area contributed by atoms with Gasteiger partial charge in [0.15, 0.2) is 0 Å². The summed E-state index contributed by atoms with van der Waals surface area (Å²) in [6.45, 7) is 3.68. The first-order chi connectivity index (χ1) is 8.40. The van der Waals surface area contributed by atoms with E-state index in [0.29, 0.717) is 12.8 Å². The normalized spacial score (nSPS) is 26.7. The van der Waals surface area contributed by atoms with Crippen LogP contribution in [0.4, 0.5) is 0 Å². The first-order valence-electron chi connectivity index (χ1n) is 6.97. The molecule has 2 rings (SSSR count). The van der Waals surface area contributed by atoms with Crippen molar-refractivity contribution in [3.63, 3.8) is 0 Å². The van der Waals surface area contributed by atoms with Crippen molar-refractivity contribution in [1.82, 2.24) is 4.90 Å². The Balaban J connectivity index is 2.14. The Kier molecular flexibility index (Phi) is 3.49. The number of likely N-dealkylation sites (tertiary alicyclic amines) is 1. The molecule has 1 atom stereocenters. The summed E-state index contributed by atoms with van der Waals surface area (Å²) in [4.78, 5) is 25.8. The van der Waals surface area contributed by atoms with E-state index in [0.717, 1.165) is 32.1 Å². The average molecular weight is 253 g/mol. The lowest BCUT2D eigenvalue weighted by molar-refractivity contribution is -0.145. The summed E-state index contributed by atoms with van der Waals surface area (Å²) in [6, 6.07) is 0. The zero-order chi connectivity index (χ0) is 13.4. The van der Waals surface area contributed by atoms with Crippen LogP contribution in [-0.2, 0) is 9.59 Å². The molecule has 1 saturated carbocycles. The van der Waals surface area contributed by atoms with E-state index in [2.05, 4.69) is 0 Å². The molecule has 18 heavy (non-hydrogen) atoms. The minimum Gasteiger partial charge on any atom is -0.388 e. The predicted octanol–water partition coefficient (Wildman–Crippen LogP) is 1.86. The van der Waals surface area contributed by atoms with Gasteiger partial charge in [0, 0.05) is 6.42 Å². The molecule has 1 heterocycles. The molecule has 1 aliphatic heterocycles. The maximum absolute atomic E-state index is 12.5. The summed E-state index contributed by atoms with van der Waals surface area (Å²) in [7, 11) is 0. The van der Waals surface area contributed by atoms with E-state index < -0.39 is 11.0 Å². The van der Waals surface area contributed by atoms with E-state index in [1.165, 1.54) is 4.90 Å². The first kappa shape index (κ1) is 13.5. The second kappa shape index (κ2) is 4.65. The molecule has 2 amide bonds. The van der Waals surface area contributed by atoms with Crippen molar-refractivity contribution in [3.05, 3.63) is 0 Å². The molecular weight excluding hydrogens is 230 g/mol. The van der Waals surface area contributed by atoms with E-state index in [1.54, 1.807) is 6.92 Å². The third-order valence-corrected chi connectivity index (χ3v) is 4.56. The molecular formula is C14H23NO3. The van der Waals surface area contributed by atoms with Gasteiger partial charge in [-0.05, 0) is 26.2 Å². The van der Waals surface area contributed by atoms with Gasteiger partial charge in [0.1, 0.15) is 0 Å². The van der Waals surface area contributed by atoms with Gasteiger partial charge in [-0.15, -0.1) is 0 Å². The lowest BCUT2D eigenvalue weighted by Gasteiger charge is -2.32. The average Bonchev–Trinajstić information content (AvgIpc) is 2.55. The standard InChI is InChI=1S/C14H23NO3/c1-3-13(2,18)10-15-11(16)9-14(12(15)17)7-5-4-6-8-14/h18H,3-10H2,1-2H3. The van der Waals surface area contributed by atoms with Crippen LogP contribution in [0.2, 0.25) is 0 Å². The number of nitrogens with zero attached hydrogens (tertiary/aromatic N) is 1. The molecule has 0 aromatic carbocycles. The molecule has 1 saturated heterocycles. The van der Waals surface area contributed by atoms with Crippen LogP contribution in [0.5, 0.6) is 0 Å². The molecule has 0 radical (unpaired) electrons. The van der Waals surface area contributed by atoms with Gasteiger partial charge in [-0.25, -0.2) is 0 Å². The van der Waals surface area contributed by atoms with Crippen LogP contribution in [0.25, 0.3) is 0 Å². The van der Waals surface area contributed by atoms with Gasteiger partial charge in [0.25, 0.3) is 0 Å². The molecule has 0 aromatic rings. The van der Waals surface area contributed by atoms with Crippen LogP contribution in [0.15, 0.2) is 0 Å². The molecule has 2 aliphatic rings. The Morgan fingerprint density at radius 3 is 2.44 bits per heavy atom. The van der Waals surface area contributed by atoms with Crippen LogP contribution in [0.1, 0.15) is 58.8 Å². The van der Waals surface area contributed by atoms with Gasteiger partial charge in [-0.1, -0.05) is 26.2 Å². The van der Waals surface area contributed by atoms with Gasteiger partial charge in [-0.3, -0.25) is 14.5 Å². The second-order valence-electron chi connectivity index (χ2n) is 6.15. The lowest BCUT2D eigenvalue weighted by Crippen LogP contribution is -2.45. The Labute approximate surface area is 108 Å². The van der Waals surface area contributed by atoms with Crippen molar-refractivity contribution in [2.75, 3.05) is 6.54 Å². The fraction of sp³-hybridized carbons (Fsp3) is 0.857. The number of hydrogen-bond acceptors (Lipinski definition) is 3. The lowest BCUT2D eigenvalue weighted by atomic mass is 9.73. The molecule has 102 valence electrons. The summed E-state index contributed by atoms with van der Waals surface area (Å²) in [5.74, 6) is -0.142. The second-order valence-corrected chi connectivity index (χ2v) is 6.15. The highest BCUT2D eigenvalue weighted by Crippen LogP contribution is 2.45. The Bertz CT molecular complexity index is 356. The molecule has 2 fully saturated rings. The first-order valence-corrected chi connectivity index (χ1v) is 6.97. The van der Waals surface area contributed by atoms with E-state index in [1.807, 2.05) is 6.92 Å². The van der Waals surface area contributed by atoms with E-state index in [9.17, 15) is 14.7 Å². The van der Waals surface area contributed by atoms with Crippen molar-refractivity contribution in [2.24, 2.45) is 5.41 Å². The van der Waals surface area contributed by atoms with Crippen LogP contribution in [0.3, 0.4) is 0 Å². The van der Waals surface area contributed by atoms with E-state index >= 15 is 0 Å². The van der Waals surface area contributed by atoms with Crippen LogP contribution >= 0.6 is 0 Å². The number of hydrogen-bond donors (Lipinski definition) is 1. The van der Waals surface area contributed by atoms with Gasteiger partial charge in [0.2, 0.25) is 11.8 Å². The zero-order valence-corrected chi connectivity index (χ0v) is 11.4. The quantitative estimate of drug-likeness (QED) is 0.781. The molecule has 4 nitrogen and oxygen atoms in total. The minimum absolute atomic E-state index is 0.0408. The minimum atomic E-state index is -0.967. The van der Waals surface area contributed by atoms with Crippen molar-refractivity contribution >= 4 is 11.8 Å². The summed E-state index contributed by atoms with van der Waals surface area (Å²) < 4.78 is 0. The summed E-state index contributed by atoms with van der Waals surface area (Å²) in [5, 5.41) is 10.1. The van der Waals surface area contributed by atoms with Crippen LogP contribution in [0, 0.1) is 5.41 Å². The zero-order valence-electron chi connectivity index (χ0n) is 11.4. The van der Waals surface area contributed by atoms with Crippen molar-refractivity contribution in [2.45, 2.75) is 64.4 Å². The molecule has 0 aromatic heterocycles. The third-order valence-electron chi connectivity index (χ3n) is 4.56. The summed E-state index contributed by atoms with van der Waals surface area (Å²) >= 11 is 0. The summed E-state index contributed by atoms with van der Waals surface area (Å²) in [5.41, 5.74) is -1.40. The highest BCUT2D eigenvalue weighted by atomic mass is 16.3. The molecule has 0 bridgehead atoms. The number of amides is 2. The fourth-order valence-electron chi connectivity index (χ4n) is 3.09.